The molecule has 0 radical (unpaired) electrons. The Bertz CT molecular complexity index is 49.7. The van der Waals surface area contributed by atoms with Crippen molar-refractivity contribution in [3.8, 4) is 0 Å². The molecule has 0 amide bonds. The van der Waals surface area contributed by atoms with Gasteiger partial charge in [-0.15, -0.1) is 0 Å². The van der Waals surface area contributed by atoms with E-state index in [1.807, 2.05) is 0 Å². The van der Waals surface area contributed by atoms with Crippen LogP contribution >= 0.6 is 2.01 Å². The molecule has 0 spiro atoms. The standard InChI is InChI=1S/C3H8P.C2H5O.Eu/c1-3(2)4;1-2-3;/h3-4H,1-2H3;2H2,1H3;/q2*-1;+2. The van der Waals surface area contributed by atoms with E-state index in [0.717, 1.165) is 14.3 Å². The predicted molar refractivity (Wildman–Crippen MR) is 35.1 cm³/mol. The van der Waals surface area contributed by atoms with Crippen molar-refractivity contribution < 1.29 is 44.4 Å². The van der Waals surface area contributed by atoms with Crippen molar-refractivity contribution in [2.75, 3.05) is 6.61 Å². The van der Waals surface area contributed by atoms with Crippen molar-refractivity contribution in [3.63, 3.8) is 0 Å². The summed E-state index contributed by atoms with van der Waals surface area (Å²) in [5.41, 5.74) is 0.875. The van der Waals surface area contributed by atoms with E-state index in [1.165, 1.54) is 0 Å². The first kappa shape index (κ1) is 9.97. The number of rotatable bonds is 4. The van der Waals surface area contributed by atoms with Gasteiger partial charge in [0.1, 0.15) is 0 Å². The SMILES string of the molecule is CC[O][Eu][PH]C(C)C. The summed E-state index contributed by atoms with van der Waals surface area (Å²) in [6.45, 7) is 7.52. The van der Waals surface area contributed by atoms with E-state index in [-0.39, 0.29) is 44.4 Å². The second-order valence-electron chi connectivity index (χ2n) is 1.74. The maximum absolute atomic E-state index is 5.31. The van der Waals surface area contributed by atoms with Crippen LogP contribution in [0.1, 0.15) is 20.8 Å². The first-order valence-electron chi connectivity index (χ1n) is 2.78. The zero-order chi connectivity index (χ0) is 6.41. The Morgan fingerprint density at radius 2 is 2.25 bits per heavy atom. The van der Waals surface area contributed by atoms with Crippen LogP contribution in [0, 0.1) is 44.4 Å². The van der Waals surface area contributed by atoms with Crippen LogP contribution in [-0.4, -0.2) is 12.3 Å². The molecule has 8 heavy (non-hydrogen) atoms. The molecular weight excluding hydrogens is 259 g/mol. The molecule has 0 fully saturated rings. The van der Waals surface area contributed by atoms with Gasteiger partial charge in [-0.2, -0.15) is 0 Å². The summed E-state index contributed by atoms with van der Waals surface area (Å²) < 4.78 is 6.44. The molecule has 0 aliphatic heterocycles. The van der Waals surface area contributed by atoms with Gasteiger partial charge in [-0.25, -0.2) is 0 Å². The minimum atomic E-state index is -0.215. The molecule has 0 saturated carbocycles. The fourth-order valence-electron chi connectivity index (χ4n) is 0.175. The summed E-state index contributed by atoms with van der Waals surface area (Å²) in [5.74, 6) is 0. The molecular formula is C5H13EuOP. The molecule has 0 bridgehead atoms. The van der Waals surface area contributed by atoms with E-state index >= 15 is 0 Å². The summed E-state index contributed by atoms with van der Waals surface area (Å²) in [6, 6.07) is 0. The number of hydrogen-bond acceptors (Lipinski definition) is 1. The van der Waals surface area contributed by atoms with E-state index in [0.29, 0.717) is 0 Å². The molecule has 0 N–H and O–H groups in total. The molecule has 1 unspecified atom stereocenters. The third-order valence-electron chi connectivity index (χ3n) is 0.426. The molecule has 1 nitrogen and oxygen atoms in total. The molecule has 0 saturated heterocycles. The van der Waals surface area contributed by atoms with Crippen molar-refractivity contribution in [2.45, 2.75) is 26.4 Å². The van der Waals surface area contributed by atoms with Crippen LogP contribution in [-0.2, 0) is -0.00603 Å². The van der Waals surface area contributed by atoms with Gasteiger partial charge in [-0.1, -0.05) is 0 Å². The monoisotopic (exact) mass is 273 g/mol. The van der Waals surface area contributed by atoms with Crippen LogP contribution in [0.25, 0.3) is 0 Å². The van der Waals surface area contributed by atoms with Gasteiger partial charge in [-0.3, -0.25) is 0 Å². The van der Waals surface area contributed by atoms with Crippen molar-refractivity contribution in [1.82, 2.24) is 0 Å². The molecule has 3 heteroatoms. The van der Waals surface area contributed by atoms with Crippen LogP contribution < -0.4 is 0 Å². The molecule has 0 aromatic carbocycles. The Hall–Kier alpha value is 1.97. The fraction of sp³-hybridized carbons (Fsp3) is 1.00. The molecule has 1 atom stereocenters. The Morgan fingerprint density at radius 3 is 2.62 bits per heavy atom. The normalized spacial score (nSPS) is 12.0. The van der Waals surface area contributed by atoms with Gasteiger partial charge in [0.15, 0.2) is 0 Å². The predicted octanol–water partition coefficient (Wildman–Crippen LogP) is 2.02. The first-order chi connectivity index (χ1) is 3.77. The van der Waals surface area contributed by atoms with Gasteiger partial charge < -0.3 is 0 Å². The van der Waals surface area contributed by atoms with Gasteiger partial charge in [-0.05, 0) is 0 Å². The third kappa shape index (κ3) is 7.97. The summed E-state index contributed by atoms with van der Waals surface area (Å²) in [5, 5.41) is 0. The van der Waals surface area contributed by atoms with E-state index < -0.39 is 0 Å². The van der Waals surface area contributed by atoms with Crippen molar-refractivity contribution in [1.29, 1.82) is 0 Å². The summed E-state index contributed by atoms with van der Waals surface area (Å²) in [4.78, 5) is 0. The summed E-state index contributed by atoms with van der Waals surface area (Å²) in [6.07, 6.45) is 0. The molecule has 0 aliphatic carbocycles. The molecule has 0 rings (SSSR count). The molecule has 0 aliphatic rings. The molecule has 0 heterocycles. The topological polar surface area (TPSA) is 9.23 Å². The number of hydrogen-bond donors (Lipinski definition) is 0. The molecule has 51 valence electrons. The average molecular weight is 272 g/mol. The van der Waals surface area contributed by atoms with Gasteiger partial charge in [0.2, 0.25) is 0 Å². The van der Waals surface area contributed by atoms with E-state index in [1.54, 1.807) is 0 Å². The van der Waals surface area contributed by atoms with Crippen molar-refractivity contribution >= 4 is 2.01 Å². The molecule has 0 aromatic rings. The van der Waals surface area contributed by atoms with Crippen molar-refractivity contribution in [2.24, 2.45) is 0 Å². The zero-order valence-corrected chi connectivity index (χ0v) is 9.00. The van der Waals surface area contributed by atoms with Gasteiger partial charge >= 0.3 is 79.5 Å². The quantitative estimate of drug-likeness (QED) is 0.562. The second kappa shape index (κ2) is 7.09. The van der Waals surface area contributed by atoms with Crippen LogP contribution in [0.3, 0.4) is 0 Å². The minimum absolute atomic E-state index is 0.215. The zero-order valence-electron chi connectivity index (χ0n) is 5.57. The van der Waals surface area contributed by atoms with Crippen molar-refractivity contribution in [3.05, 3.63) is 0 Å². The summed E-state index contributed by atoms with van der Waals surface area (Å²) >= 11 is -0.215. The van der Waals surface area contributed by atoms with Gasteiger partial charge in [0.25, 0.3) is 0 Å². The Morgan fingerprint density at radius 1 is 1.62 bits per heavy atom. The fourth-order valence-corrected chi connectivity index (χ4v) is 3.90. The van der Waals surface area contributed by atoms with Crippen LogP contribution in [0.15, 0.2) is 0 Å². The van der Waals surface area contributed by atoms with E-state index in [2.05, 4.69) is 20.8 Å². The second-order valence-corrected chi connectivity index (χ2v) is 7.55. The van der Waals surface area contributed by atoms with Gasteiger partial charge in [0.05, 0.1) is 0 Å². The summed E-state index contributed by atoms with van der Waals surface area (Å²) in [7, 11) is 0. The van der Waals surface area contributed by atoms with Crippen LogP contribution in [0.4, 0.5) is 0 Å². The Kier molecular flexibility index (Phi) is 8.83. The van der Waals surface area contributed by atoms with E-state index in [4.69, 9.17) is -0.00603 Å². The van der Waals surface area contributed by atoms with Crippen LogP contribution in [0.2, 0.25) is 0 Å². The average Bonchev–Trinajstić information content (AvgIpc) is 1.66. The Balaban J connectivity index is 2.72. The van der Waals surface area contributed by atoms with E-state index in [9.17, 15) is 0 Å². The van der Waals surface area contributed by atoms with Gasteiger partial charge in [0, 0.05) is 0 Å². The first-order valence-corrected chi connectivity index (χ1v) is 8.37. The third-order valence-corrected chi connectivity index (χ3v) is 7.87. The maximum atomic E-state index is 5.31. The van der Waals surface area contributed by atoms with Crippen LogP contribution in [0.5, 0.6) is 0 Å². The molecule has 0 aromatic heterocycles. The Labute approximate surface area is 78.1 Å².